The van der Waals surface area contributed by atoms with Gasteiger partial charge in [-0.1, -0.05) is 0 Å². The van der Waals surface area contributed by atoms with Crippen LogP contribution in [0.4, 0.5) is 11.8 Å². The summed E-state index contributed by atoms with van der Waals surface area (Å²) in [5.41, 5.74) is 2.26. The molecule has 0 atom stereocenters. The van der Waals surface area contributed by atoms with Gasteiger partial charge in [-0.3, -0.25) is 0 Å². The van der Waals surface area contributed by atoms with Crippen LogP contribution in [-0.4, -0.2) is 50.4 Å². The number of rotatable bonds is 8. The van der Waals surface area contributed by atoms with Gasteiger partial charge in [0.1, 0.15) is 17.3 Å². The summed E-state index contributed by atoms with van der Waals surface area (Å²) in [6, 6.07) is 6.94. The molecule has 2 N–H and O–H groups in total. The second-order valence-electron chi connectivity index (χ2n) is 7.89. The number of methoxy groups -OCH3 is 2. The molecule has 0 unspecified atom stereocenters. The smallest absolute Gasteiger partial charge is 0.224 e. The van der Waals surface area contributed by atoms with E-state index in [0.717, 1.165) is 61.1 Å². The molecule has 1 aromatic heterocycles. The van der Waals surface area contributed by atoms with E-state index in [-0.39, 0.29) is 0 Å². The van der Waals surface area contributed by atoms with Crippen molar-refractivity contribution in [3.05, 3.63) is 35.5 Å². The summed E-state index contributed by atoms with van der Waals surface area (Å²) in [4.78, 5) is 11.1. The SMILES string of the molecule is COc1cc(CN[C@H]2CC[C@@H](Nc3ncc(C)c(N(C)C)n3)CC2)cc(OC)c1. The van der Waals surface area contributed by atoms with Crippen molar-refractivity contribution in [3.8, 4) is 11.5 Å². The average molecular weight is 400 g/mol. The Labute approximate surface area is 173 Å². The number of aryl methyl sites for hydroxylation is 1. The number of nitrogens with zero attached hydrogens (tertiary/aromatic N) is 3. The first-order valence-electron chi connectivity index (χ1n) is 10.2. The molecular weight excluding hydrogens is 366 g/mol. The molecule has 29 heavy (non-hydrogen) atoms. The lowest BCUT2D eigenvalue weighted by molar-refractivity contribution is 0.351. The Balaban J connectivity index is 1.49. The van der Waals surface area contributed by atoms with Gasteiger partial charge >= 0.3 is 0 Å². The van der Waals surface area contributed by atoms with Gasteiger partial charge in [-0.25, -0.2) is 4.98 Å². The van der Waals surface area contributed by atoms with Crippen LogP contribution in [0.2, 0.25) is 0 Å². The molecule has 158 valence electrons. The minimum Gasteiger partial charge on any atom is -0.497 e. The van der Waals surface area contributed by atoms with Crippen molar-refractivity contribution in [2.75, 3.05) is 38.5 Å². The van der Waals surface area contributed by atoms with Crippen LogP contribution in [0, 0.1) is 6.92 Å². The standard InChI is InChI=1S/C22H33N5O2/c1-15-13-24-22(26-21(15)27(2)3)25-18-8-6-17(7-9-18)23-14-16-10-19(28-4)12-20(11-16)29-5/h10-13,17-18,23H,6-9,14H2,1-5H3,(H,24,25,26)/t17-,18+. The Bertz CT molecular complexity index is 782. The summed E-state index contributed by atoms with van der Waals surface area (Å²) in [6.45, 7) is 2.84. The summed E-state index contributed by atoms with van der Waals surface area (Å²) in [5, 5.41) is 7.20. The van der Waals surface area contributed by atoms with Crippen LogP contribution in [0.3, 0.4) is 0 Å². The molecule has 0 radical (unpaired) electrons. The van der Waals surface area contributed by atoms with E-state index in [1.807, 2.05) is 38.2 Å². The zero-order chi connectivity index (χ0) is 20.8. The van der Waals surface area contributed by atoms with Crippen LogP contribution in [-0.2, 0) is 6.54 Å². The van der Waals surface area contributed by atoms with E-state index in [1.54, 1.807) is 14.2 Å². The second kappa shape index (κ2) is 9.78. The van der Waals surface area contributed by atoms with Crippen molar-refractivity contribution >= 4 is 11.8 Å². The summed E-state index contributed by atoms with van der Waals surface area (Å²) in [5.74, 6) is 3.33. The van der Waals surface area contributed by atoms with Crippen LogP contribution < -0.4 is 25.0 Å². The molecule has 3 rings (SSSR count). The molecule has 0 spiro atoms. The lowest BCUT2D eigenvalue weighted by Gasteiger charge is -2.30. The first-order valence-corrected chi connectivity index (χ1v) is 10.2. The van der Waals surface area contributed by atoms with E-state index < -0.39 is 0 Å². The van der Waals surface area contributed by atoms with Crippen molar-refractivity contribution < 1.29 is 9.47 Å². The van der Waals surface area contributed by atoms with Gasteiger partial charge in [0.2, 0.25) is 5.95 Å². The number of aromatic nitrogens is 2. The molecule has 0 amide bonds. The predicted octanol–water partition coefficient (Wildman–Crippen LogP) is 3.38. The topological polar surface area (TPSA) is 71.5 Å². The molecule has 1 aromatic carbocycles. The normalized spacial score (nSPS) is 18.9. The Morgan fingerprint density at radius 2 is 1.62 bits per heavy atom. The number of hydrogen-bond acceptors (Lipinski definition) is 7. The summed E-state index contributed by atoms with van der Waals surface area (Å²) >= 11 is 0. The highest BCUT2D eigenvalue weighted by Crippen LogP contribution is 2.25. The number of hydrogen-bond donors (Lipinski definition) is 2. The van der Waals surface area contributed by atoms with E-state index in [2.05, 4.69) is 32.7 Å². The Morgan fingerprint density at radius 3 is 2.21 bits per heavy atom. The minimum absolute atomic E-state index is 0.419. The maximum atomic E-state index is 5.36. The summed E-state index contributed by atoms with van der Waals surface area (Å²) in [7, 11) is 7.38. The van der Waals surface area contributed by atoms with Crippen LogP contribution in [0.15, 0.2) is 24.4 Å². The lowest BCUT2D eigenvalue weighted by Crippen LogP contribution is -2.37. The van der Waals surface area contributed by atoms with Gasteiger partial charge in [-0.15, -0.1) is 0 Å². The third-order valence-electron chi connectivity index (χ3n) is 5.44. The highest BCUT2D eigenvalue weighted by molar-refractivity contribution is 5.47. The van der Waals surface area contributed by atoms with Crippen LogP contribution in [0.5, 0.6) is 11.5 Å². The Kier molecular flexibility index (Phi) is 7.14. The quantitative estimate of drug-likeness (QED) is 0.705. The fraction of sp³-hybridized carbons (Fsp3) is 0.545. The molecule has 1 aliphatic carbocycles. The van der Waals surface area contributed by atoms with Crippen LogP contribution >= 0.6 is 0 Å². The number of nitrogens with one attached hydrogen (secondary N) is 2. The molecule has 0 saturated heterocycles. The van der Waals surface area contributed by atoms with Crippen LogP contribution in [0.25, 0.3) is 0 Å². The predicted molar refractivity (Wildman–Crippen MR) is 117 cm³/mol. The van der Waals surface area contributed by atoms with Gasteiger partial charge in [0.25, 0.3) is 0 Å². The molecule has 7 nitrogen and oxygen atoms in total. The fourth-order valence-corrected chi connectivity index (χ4v) is 3.81. The van der Waals surface area contributed by atoms with E-state index in [9.17, 15) is 0 Å². The fourth-order valence-electron chi connectivity index (χ4n) is 3.81. The zero-order valence-electron chi connectivity index (χ0n) is 18.2. The number of benzene rings is 1. The molecule has 1 saturated carbocycles. The molecule has 0 bridgehead atoms. The van der Waals surface area contributed by atoms with E-state index in [0.29, 0.717) is 12.1 Å². The van der Waals surface area contributed by atoms with Crippen molar-refractivity contribution in [3.63, 3.8) is 0 Å². The molecule has 1 aliphatic rings. The monoisotopic (exact) mass is 399 g/mol. The highest BCUT2D eigenvalue weighted by Gasteiger charge is 2.21. The van der Waals surface area contributed by atoms with Crippen molar-refractivity contribution in [2.45, 2.75) is 51.2 Å². The average Bonchev–Trinajstić information content (AvgIpc) is 2.74. The van der Waals surface area contributed by atoms with Gasteiger partial charge < -0.3 is 25.0 Å². The maximum absolute atomic E-state index is 5.36. The van der Waals surface area contributed by atoms with E-state index in [4.69, 9.17) is 9.47 Å². The maximum Gasteiger partial charge on any atom is 0.224 e. The number of anilines is 2. The Morgan fingerprint density at radius 1 is 1.00 bits per heavy atom. The second-order valence-corrected chi connectivity index (χ2v) is 7.89. The van der Waals surface area contributed by atoms with Crippen molar-refractivity contribution in [2.24, 2.45) is 0 Å². The van der Waals surface area contributed by atoms with Gasteiger partial charge in [0.15, 0.2) is 0 Å². The summed E-state index contributed by atoms with van der Waals surface area (Å²) < 4.78 is 10.7. The minimum atomic E-state index is 0.419. The Hall–Kier alpha value is -2.54. The first kappa shape index (κ1) is 21.2. The van der Waals surface area contributed by atoms with Crippen molar-refractivity contribution in [1.82, 2.24) is 15.3 Å². The van der Waals surface area contributed by atoms with Gasteiger partial charge in [-0.2, -0.15) is 4.98 Å². The van der Waals surface area contributed by atoms with Gasteiger partial charge in [0, 0.05) is 50.6 Å². The molecular formula is C22H33N5O2. The first-order chi connectivity index (χ1) is 14.0. The molecule has 7 heteroatoms. The molecule has 2 aromatic rings. The molecule has 0 aliphatic heterocycles. The van der Waals surface area contributed by atoms with E-state index in [1.165, 1.54) is 5.56 Å². The highest BCUT2D eigenvalue weighted by atomic mass is 16.5. The van der Waals surface area contributed by atoms with Crippen molar-refractivity contribution in [1.29, 1.82) is 0 Å². The summed E-state index contributed by atoms with van der Waals surface area (Å²) in [6.07, 6.45) is 6.36. The number of ether oxygens (including phenoxy) is 2. The van der Waals surface area contributed by atoms with Gasteiger partial charge in [0.05, 0.1) is 14.2 Å². The third-order valence-corrected chi connectivity index (χ3v) is 5.44. The van der Waals surface area contributed by atoms with Crippen LogP contribution in [0.1, 0.15) is 36.8 Å². The van der Waals surface area contributed by atoms with Gasteiger partial charge in [-0.05, 0) is 50.3 Å². The third kappa shape index (κ3) is 5.73. The van der Waals surface area contributed by atoms with E-state index >= 15 is 0 Å². The largest absolute Gasteiger partial charge is 0.497 e. The molecule has 1 fully saturated rings. The zero-order valence-corrected chi connectivity index (χ0v) is 18.2. The lowest BCUT2D eigenvalue weighted by atomic mass is 9.91. The molecule has 1 heterocycles.